The van der Waals surface area contributed by atoms with Crippen LogP contribution in [-0.2, 0) is 0 Å². The quantitative estimate of drug-likeness (QED) is 0.817. The summed E-state index contributed by atoms with van der Waals surface area (Å²) in [7, 11) is 0. The van der Waals surface area contributed by atoms with Gasteiger partial charge in [0.2, 0.25) is 0 Å². The molecule has 1 aromatic heterocycles. The van der Waals surface area contributed by atoms with E-state index in [1.165, 1.54) is 15.3 Å². The number of fused-ring (bicyclic) bond motifs is 1. The van der Waals surface area contributed by atoms with Crippen LogP contribution in [0.15, 0.2) is 28.7 Å². The minimum absolute atomic E-state index is 0.0539. The second-order valence-electron chi connectivity index (χ2n) is 4.91. The molecule has 0 radical (unpaired) electrons. The maximum absolute atomic E-state index is 10.3. The summed E-state index contributed by atoms with van der Waals surface area (Å²) < 4.78 is 7.05. The number of aliphatic hydroxyl groups is 1. The molecule has 2 heterocycles. The van der Waals surface area contributed by atoms with E-state index in [1.54, 1.807) is 11.3 Å². The predicted molar refractivity (Wildman–Crippen MR) is 80.9 cm³/mol. The Balaban J connectivity index is 1.98. The minimum atomic E-state index is -0.457. The number of aryl methyl sites for hydroxylation is 2. The van der Waals surface area contributed by atoms with Gasteiger partial charge < -0.3 is 9.84 Å². The van der Waals surface area contributed by atoms with Crippen LogP contribution in [0.3, 0.4) is 0 Å². The van der Waals surface area contributed by atoms with Crippen LogP contribution < -0.4 is 4.74 Å². The van der Waals surface area contributed by atoms with Gasteiger partial charge in [-0.1, -0.05) is 22.0 Å². The van der Waals surface area contributed by atoms with Gasteiger partial charge in [-0.05, 0) is 32.0 Å². The van der Waals surface area contributed by atoms with Crippen LogP contribution in [0, 0.1) is 13.8 Å². The van der Waals surface area contributed by atoms with Gasteiger partial charge in [0.25, 0.3) is 0 Å². The van der Waals surface area contributed by atoms with Crippen molar-refractivity contribution in [2.75, 3.05) is 0 Å². The molecular formula is C15H15BrO2S. The topological polar surface area (TPSA) is 29.5 Å². The number of benzene rings is 1. The van der Waals surface area contributed by atoms with E-state index in [0.29, 0.717) is 6.42 Å². The second kappa shape index (κ2) is 4.93. The number of aliphatic hydroxyl groups excluding tert-OH is 1. The van der Waals surface area contributed by atoms with E-state index < -0.39 is 6.10 Å². The highest BCUT2D eigenvalue weighted by Gasteiger charge is 2.29. The summed E-state index contributed by atoms with van der Waals surface area (Å²) in [6.45, 7) is 4.21. The van der Waals surface area contributed by atoms with Crippen molar-refractivity contribution in [2.24, 2.45) is 0 Å². The fourth-order valence-electron chi connectivity index (χ4n) is 2.58. The van der Waals surface area contributed by atoms with Crippen LogP contribution in [0.25, 0.3) is 0 Å². The average Bonchev–Trinajstić information content (AvgIpc) is 2.67. The number of ether oxygens (including phenoxy) is 1. The molecule has 1 aliphatic rings. The largest absolute Gasteiger partial charge is 0.485 e. The lowest BCUT2D eigenvalue weighted by Gasteiger charge is -2.30. The van der Waals surface area contributed by atoms with Crippen molar-refractivity contribution >= 4 is 27.3 Å². The molecule has 4 heteroatoms. The lowest BCUT2D eigenvalue weighted by Crippen LogP contribution is -2.19. The molecule has 0 saturated heterocycles. The smallest absolute Gasteiger partial charge is 0.128 e. The molecule has 2 nitrogen and oxygen atoms in total. The van der Waals surface area contributed by atoms with Gasteiger partial charge in [-0.25, -0.2) is 0 Å². The van der Waals surface area contributed by atoms with Crippen molar-refractivity contribution in [3.63, 3.8) is 0 Å². The Morgan fingerprint density at radius 3 is 2.74 bits per heavy atom. The Morgan fingerprint density at radius 1 is 1.26 bits per heavy atom. The first kappa shape index (κ1) is 13.2. The van der Waals surface area contributed by atoms with Gasteiger partial charge in [-0.15, -0.1) is 11.3 Å². The van der Waals surface area contributed by atoms with Crippen LogP contribution in [0.4, 0.5) is 0 Å². The van der Waals surface area contributed by atoms with Crippen LogP contribution in [0.5, 0.6) is 5.75 Å². The Labute approximate surface area is 125 Å². The van der Waals surface area contributed by atoms with Crippen LogP contribution in [0.2, 0.25) is 0 Å². The van der Waals surface area contributed by atoms with Gasteiger partial charge in [-0.2, -0.15) is 0 Å². The van der Waals surface area contributed by atoms with Crippen molar-refractivity contribution in [1.29, 1.82) is 0 Å². The Kier molecular flexibility index (Phi) is 3.41. The third-order valence-electron chi connectivity index (χ3n) is 3.47. The molecule has 0 bridgehead atoms. The number of rotatable bonds is 1. The lowest BCUT2D eigenvalue weighted by molar-refractivity contribution is 0.0656. The van der Waals surface area contributed by atoms with Gasteiger partial charge >= 0.3 is 0 Å². The third-order valence-corrected chi connectivity index (χ3v) is 4.94. The summed E-state index contributed by atoms with van der Waals surface area (Å²) in [5, 5.41) is 10.3. The lowest BCUT2D eigenvalue weighted by atomic mass is 9.95. The Morgan fingerprint density at radius 2 is 2.05 bits per heavy atom. The van der Waals surface area contributed by atoms with Crippen molar-refractivity contribution in [1.82, 2.24) is 0 Å². The highest BCUT2D eigenvalue weighted by atomic mass is 79.9. The molecule has 1 aliphatic heterocycles. The van der Waals surface area contributed by atoms with Gasteiger partial charge in [-0.3, -0.25) is 0 Å². The van der Waals surface area contributed by atoms with Crippen LogP contribution >= 0.6 is 27.3 Å². The van der Waals surface area contributed by atoms with Crippen molar-refractivity contribution < 1.29 is 9.84 Å². The number of thiophene rings is 1. The number of hydrogen-bond acceptors (Lipinski definition) is 3. The van der Waals surface area contributed by atoms with Crippen molar-refractivity contribution in [3.05, 3.63) is 49.6 Å². The molecule has 1 aromatic carbocycles. The fourth-order valence-corrected chi connectivity index (χ4v) is 3.89. The second-order valence-corrected chi connectivity index (χ2v) is 7.28. The first-order chi connectivity index (χ1) is 9.04. The highest BCUT2D eigenvalue weighted by molar-refractivity contribution is 9.10. The maximum atomic E-state index is 10.3. The molecule has 2 unspecified atom stereocenters. The first-order valence-corrected chi connectivity index (χ1v) is 7.86. The van der Waals surface area contributed by atoms with Crippen molar-refractivity contribution in [2.45, 2.75) is 32.5 Å². The molecule has 3 rings (SSSR count). The first-order valence-electron chi connectivity index (χ1n) is 6.25. The fraction of sp³-hybridized carbons (Fsp3) is 0.333. The van der Waals surface area contributed by atoms with Gasteiger partial charge in [0, 0.05) is 31.8 Å². The number of halogens is 1. The zero-order chi connectivity index (χ0) is 13.6. The predicted octanol–water partition coefficient (Wildman–Crippen LogP) is 4.68. The van der Waals surface area contributed by atoms with Gasteiger partial charge in [0.15, 0.2) is 0 Å². The molecule has 0 aliphatic carbocycles. The van der Waals surface area contributed by atoms with Gasteiger partial charge in [0.05, 0.1) is 6.10 Å². The molecule has 0 spiro atoms. The van der Waals surface area contributed by atoms with Crippen LogP contribution in [-0.4, -0.2) is 5.11 Å². The molecule has 19 heavy (non-hydrogen) atoms. The SMILES string of the molecule is Cc1cc(C2CC(O)c3ccc(Br)cc3O2)c(C)s1. The zero-order valence-corrected chi connectivity index (χ0v) is 13.2. The summed E-state index contributed by atoms with van der Waals surface area (Å²) in [5.41, 5.74) is 2.08. The van der Waals surface area contributed by atoms with Crippen LogP contribution in [0.1, 0.15) is 39.5 Å². The molecule has 2 aromatic rings. The number of hydrogen-bond donors (Lipinski definition) is 1. The highest BCUT2D eigenvalue weighted by Crippen LogP contribution is 2.43. The average molecular weight is 339 g/mol. The maximum Gasteiger partial charge on any atom is 0.128 e. The van der Waals surface area contributed by atoms with E-state index in [2.05, 4.69) is 35.8 Å². The van der Waals surface area contributed by atoms with E-state index in [1.807, 2.05) is 18.2 Å². The van der Waals surface area contributed by atoms with E-state index in [9.17, 15) is 5.11 Å². The Hall–Kier alpha value is -0.840. The molecular weight excluding hydrogens is 324 g/mol. The molecule has 0 amide bonds. The zero-order valence-electron chi connectivity index (χ0n) is 10.8. The molecule has 0 fully saturated rings. The normalized spacial score (nSPS) is 21.9. The van der Waals surface area contributed by atoms with E-state index >= 15 is 0 Å². The summed E-state index contributed by atoms with van der Waals surface area (Å²) in [4.78, 5) is 2.55. The van der Waals surface area contributed by atoms with Gasteiger partial charge in [0.1, 0.15) is 11.9 Å². The molecule has 100 valence electrons. The minimum Gasteiger partial charge on any atom is -0.485 e. The molecule has 0 saturated carbocycles. The summed E-state index contributed by atoms with van der Waals surface area (Å²) in [6.07, 6.45) is 0.106. The molecule has 1 N–H and O–H groups in total. The van der Waals surface area contributed by atoms with E-state index in [-0.39, 0.29) is 6.10 Å². The van der Waals surface area contributed by atoms with E-state index in [0.717, 1.165) is 15.8 Å². The summed E-state index contributed by atoms with van der Waals surface area (Å²) in [5.74, 6) is 0.779. The third kappa shape index (κ3) is 2.45. The monoisotopic (exact) mass is 338 g/mol. The Bertz CT molecular complexity index is 621. The standard InChI is InChI=1S/C15H15BrO2S/c1-8-5-12(9(2)19-8)15-7-13(17)11-4-3-10(16)6-14(11)18-15/h3-6,13,15,17H,7H2,1-2H3. The van der Waals surface area contributed by atoms with Crippen molar-refractivity contribution in [3.8, 4) is 5.75 Å². The van der Waals surface area contributed by atoms with E-state index in [4.69, 9.17) is 4.74 Å². The molecule has 2 atom stereocenters. The summed E-state index contributed by atoms with van der Waals surface area (Å²) in [6, 6.07) is 7.96. The summed E-state index contributed by atoms with van der Waals surface area (Å²) >= 11 is 5.22.